The van der Waals surface area contributed by atoms with Gasteiger partial charge in [-0.25, -0.2) is 19.9 Å². The Labute approximate surface area is 151 Å². The minimum absolute atomic E-state index is 0.346. The molecule has 8 nitrogen and oxygen atoms in total. The predicted octanol–water partition coefficient (Wildman–Crippen LogP) is 2.03. The van der Waals surface area contributed by atoms with Crippen LogP contribution >= 0.6 is 0 Å². The Bertz CT molecular complexity index is 961. The van der Waals surface area contributed by atoms with E-state index in [9.17, 15) is 0 Å². The average molecular weight is 350 g/mol. The number of hydrogen-bond donors (Lipinski definition) is 1. The summed E-state index contributed by atoms with van der Waals surface area (Å²) in [5.74, 6) is 4.23. The van der Waals surface area contributed by atoms with Crippen molar-refractivity contribution < 1.29 is 0 Å². The lowest BCUT2D eigenvalue weighted by Crippen LogP contribution is -2.27. The molecule has 0 spiro atoms. The van der Waals surface area contributed by atoms with E-state index in [1.807, 2.05) is 32.4 Å². The maximum Gasteiger partial charge on any atom is 0.163 e. The third kappa shape index (κ3) is 2.75. The molecular weight excluding hydrogens is 328 g/mol. The molecule has 26 heavy (non-hydrogen) atoms. The van der Waals surface area contributed by atoms with Crippen molar-refractivity contribution in [3.63, 3.8) is 0 Å². The Hall–Kier alpha value is -2.77. The van der Waals surface area contributed by atoms with Crippen LogP contribution < -0.4 is 10.2 Å². The van der Waals surface area contributed by atoms with Crippen molar-refractivity contribution in [2.75, 3.05) is 23.3 Å². The van der Waals surface area contributed by atoms with Crippen LogP contribution in [-0.4, -0.2) is 48.8 Å². The first-order chi connectivity index (χ1) is 12.7. The summed E-state index contributed by atoms with van der Waals surface area (Å²) in [6, 6.07) is 2.31. The normalized spacial score (nSPS) is 20.1. The molecule has 2 fully saturated rings. The summed E-state index contributed by atoms with van der Waals surface area (Å²) in [6.45, 7) is 3.78. The van der Waals surface area contributed by atoms with E-state index in [1.165, 1.54) is 12.8 Å². The lowest BCUT2D eigenvalue weighted by molar-refractivity contribution is 0.781. The summed E-state index contributed by atoms with van der Waals surface area (Å²) in [6.07, 6.45) is 7.21. The third-order valence-electron chi connectivity index (χ3n) is 5.14. The molecule has 0 radical (unpaired) electrons. The van der Waals surface area contributed by atoms with Crippen molar-refractivity contribution in [1.82, 2.24) is 29.7 Å². The highest BCUT2D eigenvalue weighted by atomic mass is 15.3. The summed E-state index contributed by atoms with van der Waals surface area (Å²) < 4.78 is 1.81. The topological polar surface area (TPSA) is 84.7 Å². The molecule has 1 N–H and O–H groups in total. The van der Waals surface area contributed by atoms with Crippen LogP contribution in [0.2, 0.25) is 0 Å². The van der Waals surface area contributed by atoms with E-state index in [1.54, 1.807) is 4.68 Å². The van der Waals surface area contributed by atoms with E-state index in [2.05, 4.69) is 30.3 Å². The quantitative estimate of drug-likeness (QED) is 0.770. The lowest BCUT2D eigenvalue weighted by atomic mass is 10.2. The maximum absolute atomic E-state index is 4.69. The second-order valence-electron chi connectivity index (χ2n) is 7.25. The summed E-state index contributed by atoms with van der Waals surface area (Å²) in [5, 5.41) is 8.93. The first-order valence-electron chi connectivity index (χ1n) is 9.18. The van der Waals surface area contributed by atoms with Gasteiger partial charge >= 0.3 is 0 Å². The van der Waals surface area contributed by atoms with Crippen molar-refractivity contribution in [2.45, 2.75) is 38.1 Å². The Balaban J connectivity index is 1.35. The number of rotatable bonds is 4. The smallest absolute Gasteiger partial charge is 0.163 e. The Kier molecular flexibility index (Phi) is 3.51. The van der Waals surface area contributed by atoms with Crippen LogP contribution in [0.15, 0.2) is 18.5 Å². The van der Waals surface area contributed by atoms with Crippen LogP contribution in [0.4, 0.5) is 11.6 Å². The second-order valence-corrected chi connectivity index (χ2v) is 7.25. The van der Waals surface area contributed by atoms with Gasteiger partial charge in [0.2, 0.25) is 0 Å². The van der Waals surface area contributed by atoms with Gasteiger partial charge in [-0.2, -0.15) is 5.10 Å². The van der Waals surface area contributed by atoms with Gasteiger partial charge in [0.1, 0.15) is 23.3 Å². The molecule has 8 heteroatoms. The van der Waals surface area contributed by atoms with Crippen LogP contribution in [0, 0.1) is 6.92 Å². The maximum atomic E-state index is 4.69. The van der Waals surface area contributed by atoms with Gasteiger partial charge in [-0.1, -0.05) is 0 Å². The first kappa shape index (κ1) is 15.5. The molecule has 3 aromatic heterocycles. The third-order valence-corrected chi connectivity index (χ3v) is 5.14. The van der Waals surface area contributed by atoms with Gasteiger partial charge in [-0.15, -0.1) is 0 Å². The summed E-state index contributed by atoms with van der Waals surface area (Å²) in [4.78, 5) is 20.6. The fourth-order valence-corrected chi connectivity index (χ4v) is 3.63. The van der Waals surface area contributed by atoms with E-state index in [4.69, 9.17) is 4.98 Å². The first-order valence-corrected chi connectivity index (χ1v) is 9.18. The molecule has 1 atom stereocenters. The van der Waals surface area contributed by atoms with Gasteiger partial charge in [-0.3, -0.25) is 4.68 Å². The zero-order chi connectivity index (χ0) is 17.7. The van der Waals surface area contributed by atoms with Crippen LogP contribution in [0.3, 0.4) is 0 Å². The Morgan fingerprint density at radius 3 is 2.88 bits per heavy atom. The SMILES string of the molecule is Cc1nc(N2CCC(Nc3ccnc(C4CC4)n3)C2)c2cnn(C)c2n1. The van der Waals surface area contributed by atoms with Crippen LogP contribution in [0.1, 0.15) is 36.8 Å². The summed E-state index contributed by atoms with van der Waals surface area (Å²) in [5.41, 5.74) is 0.883. The van der Waals surface area contributed by atoms with Gasteiger partial charge in [-0.05, 0) is 32.3 Å². The molecule has 3 aromatic rings. The van der Waals surface area contributed by atoms with Crippen LogP contribution in [0.25, 0.3) is 11.0 Å². The largest absolute Gasteiger partial charge is 0.365 e. The molecule has 0 aromatic carbocycles. The number of aromatic nitrogens is 6. The minimum atomic E-state index is 0.346. The molecule has 5 rings (SSSR count). The molecule has 1 aliphatic carbocycles. The molecule has 4 heterocycles. The van der Waals surface area contributed by atoms with Crippen molar-refractivity contribution in [3.8, 4) is 0 Å². The van der Waals surface area contributed by atoms with Gasteiger partial charge in [0.05, 0.1) is 11.6 Å². The molecule has 2 aliphatic rings. The standard InChI is InChI=1S/C18H22N8/c1-11-21-17-14(9-20-25(17)2)18(22-11)26-8-6-13(10-26)23-15-5-7-19-16(24-15)12-3-4-12/h5,7,9,12-13H,3-4,6,8,10H2,1-2H3,(H,19,23,24). The molecule has 1 unspecified atom stereocenters. The van der Waals surface area contributed by atoms with Crippen molar-refractivity contribution in [2.24, 2.45) is 7.05 Å². The molecule has 1 saturated heterocycles. The fourth-order valence-electron chi connectivity index (χ4n) is 3.63. The highest BCUT2D eigenvalue weighted by molar-refractivity contribution is 5.87. The van der Waals surface area contributed by atoms with E-state index < -0.39 is 0 Å². The Morgan fingerprint density at radius 1 is 1.15 bits per heavy atom. The zero-order valence-corrected chi connectivity index (χ0v) is 15.1. The van der Waals surface area contributed by atoms with E-state index in [-0.39, 0.29) is 0 Å². The molecule has 134 valence electrons. The molecule has 0 amide bonds. The van der Waals surface area contributed by atoms with Crippen LogP contribution in [-0.2, 0) is 7.05 Å². The van der Waals surface area contributed by atoms with Crippen LogP contribution in [0.5, 0.6) is 0 Å². The van der Waals surface area contributed by atoms with Crippen molar-refractivity contribution in [1.29, 1.82) is 0 Å². The summed E-state index contributed by atoms with van der Waals surface area (Å²) in [7, 11) is 1.92. The highest BCUT2D eigenvalue weighted by Gasteiger charge is 2.28. The zero-order valence-electron chi connectivity index (χ0n) is 15.1. The van der Waals surface area contributed by atoms with Gasteiger partial charge in [0, 0.05) is 38.3 Å². The number of hydrogen-bond acceptors (Lipinski definition) is 7. The number of nitrogens with one attached hydrogen (secondary N) is 1. The van der Waals surface area contributed by atoms with E-state index in [0.717, 1.165) is 53.8 Å². The monoisotopic (exact) mass is 350 g/mol. The van der Waals surface area contributed by atoms with Crippen molar-refractivity contribution in [3.05, 3.63) is 30.1 Å². The molecule has 1 saturated carbocycles. The van der Waals surface area contributed by atoms with Gasteiger partial charge in [0.25, 0.3) is 0 Å². The van der Waals surface area contributed by atoms with Crippen molar-refractivity contribution >= 4 is 22.7 Å². The molecule has 0 bridgehead atoms. The number of aryl methyl sites for hydroxylation is 2. The fraction of sp³-hybridized carbons (Fsp3) is 0.500. The minimum Gasteiger partial charge on any atom is -0.365 e. The molecular formula is C18H22N8. The Morgan fingerprint density at radius 2 is 2.04 bits per heavy atom. The lowest BCUT2D eigenvalue weighted by Gasteiger charge is -2.19. The number of anilines is 2. The number of nitrogens with zero attached hydrogens (tertiary/aromatic N) is 7. The van der Waals surface area contributed by atoms with E-state index >= 15 is 0 Å². The summed E-state index contributed by atoms with van der Waals surface area (Å²) >= 11 is 0. The molecule has 1 aliphatic heterocycles. The predicted molar refractivity (Wildman–Crippen MR) is 99.3 cm³/mol. The van der Waals surface area contributed by atoms with Gasteiger partial charge < -0.3 is 10.2 Å². The van der Waals surface area contributed by atoms with E-state index in [0.29, 0.717) is 12.0 Å². The van der Waals surface area contributed by atoms with Gasteiger partial charge in [0.15, 0.2) is 5.65 Å². The highest BCUT2D eigenvalue weighted by Crippen LogP contribution is 2.38. The second kappa shape index (κ2) is 5.89. The number of fused-ring (bicyclic) bond motifs is 1. The average Bonchev–Trinajstić information content (AvgIpc) is 3.29.